The van der Waals surface area contributed by atoms with Crippen LogP contribution in [0.3, 0.4) is 0 Å². The largest absolute Gasteiger partial charge is 0.435 e. The summed E-state index contributed by atoms with van der Waals surface area (Å²) < 4.78 is 31.6. The van der Waals surface area contributed by atoms with Crippen LogP contribution in [0.15, 0.2) is 42.6 Å². The van der Waals surface area contributed by atoms with E-state index in [1.54, 1.807) is 18.2 Å². The Balaban J connectivity index is 2.02. The molecule has 0 atom stereocenters. The van der Waals surface area contributed by atoms with E-state index in [0.717, 1.165) is 22.6 Å². The van der Waals surface area contributed by atoms with Crippen molar-refractivity contribution in [3.8, 4) is 5.75 Å². The maximum atomic E-state index is 12.5. The Morgan fingerprint density at radius 1 is 1.18 bits per heavy atom. The van der Waals surface area contributed by atoms with Crippen molar-refractivity contribution in [3.05, 3.63) is 65.1 Å². The third-order valence-electron chi connectivity index (χ3n) is 3.63. The first-order chi connectivity index (χ1) is 10.5. The maximum absolute atomic E-state index is 12.5. The van der Waals surface area contributed by atoms with E-state index >= 15 is 0 Å². The molecule has 3 aromatic rings. The lowest BCUT2D eigenvalue weighted by Crippen LogP contribution is -2.05. The lowest BCUT2D eigenvalue weighted by molar-refractivity contribution is -0.0503. The summed E-state index contributed by atoms with van der Waals surface area (Å²) in [5, 5.41) is 0. The molecule has 114 valence electrons. The number of hydrogen-bond donors (Lipinski definition) is 0. The Hall–Kier alpha value is -2.43. The number of fused-ring (bicyclic) bond motifs is 1. The highest BCUT2D eigenvalue weighted by molar-refractivity contribution is 5.47. The number of pyridine rings is 1. The zero-order valence-corrected chi connectivity index (χ0v) is 12.4. The molecular weight excluding hydrogens is 286 g/mol. The third-order valence-corrected chi connectivity index (χ3v) is 3.63. The van der Waals surface area contributed by atoms with Gasteiger partial charge in [0.25, 0.3) is 0 Å². The highest BCUT2D eigenvalue weighted by Crippen LogP contribution is 2.25. The van der Waals surface area contributed by atoms with Gasteiger partial charge in [0.15, 0.2) is 0 Å². The monoisotopic (exact) mass is 302 g/mol. The van der Waals surface area contributed by atoms with Gasteiger partial charge in [-0.3, -0.25) is 0 Å². The summed E-state index contributed by atoms with van der Waals surface area (Å²) in [6.07, 6.45) is 2.44. The van der Waals surface area contributed by atoms with Crippen molar-refractivity contribution in [1.29, 1.82) is 0 Å². The number of rotatable bonds is 4. The van der Waals surface area contributed by atoms with E-state index in [4.69, 9.17) is 0 Å². The number of aryl methyl sites for hydroxylation is 2. The predicted molar refractivity (Wildman–Crippen MR) is 80.5 cm³/mol. The molecular formula is C17H16F2N2O. The van der Waals surface area contributed by atoms with Crippen LogP contribution in [0.4, 0.5) is 8.78 Å². The summed E-state index contributed by atoms with van der Waals surface area (Å²) in [5.74, 6) is 0.207. The molecule has 3 nitrogen and oxygen atoms in total. The van der Waals surface area contributed by atoms with E-state index in [0.29, 0.717) is 12.0 Å². The zero-order chi connectivity index (χ0) is 15.7. The summed E-state index contributed by atoms with van der Waals surface area (Å²) in [4.78, 5) is 4.53. The second-order valence-electron chi connectivity index (χ2n) is 5.24. The Labute approximate surface area is 127 Å². The second kappa shape index (κ2) is 5.75. The van der Waals surface area contributed by atoms with E-state index in [-0.39, 0.29) is 5.75 Å². The van der Waals surface area contributed by atoms with Crippen LogP contribution in [0.1, 0.15) is 22.5 Å². The molecule has 5 heteroatoms. The minimum Gasteiger partial charge on any atom is -0.435 e. The number of ether oxygens (including phenoxy) is 1. The molecule has 0 saturated heterocycles. The summed E-state index contributed by atoms with van der Waals surface area (Å²) in [5.41, 5.74) is 4.57. The highest BCUT2D eigenvalue weighted by atomic mass is 19.3. The van der Waals surface area contributed by atoms with Crippen LogP contribution in [0.5, 0.6) is 5.75 Å². The minimum absolute atomic E-state index is 0.207. The van der Waals surface area contributed by atoms with Crippen molar-refractivity contribution in [2.45, 2.75) is 26.9 Å². The summed E-state index contributed by atoms with van der Waals surface area (Å²) in [7, 11) is 0. The molecule has 3 rings (SSSR count). The molecule has 0 fully saturated rings. The number of imidazole rings is 1. The minimum atomic E-state index is -2.83. The SMILES string of the molecule is Cc1ccn2c(Cc3ccccc3OC(F)F)c(C)nc2c1. The molecule has 0 bridgehead atoms. The van der Waals surface area contributed by atoms with Crippen LogP contribution >= 0.6 is 0 Å². The molecule has 0 aliphatic heterocycles. The quantitative estimate of drug-likeness (QED) is 0.724. The lowest BCUT2D eigenvalue weighted by Gasteiger charge is -2.11. The molecule has 0 radical (unpaired) electrons. The second-order valence-corrected chi connectivity index (χ2v) is 5.24. The van der Waals surface area contributed by atoms with Crippen LogP contribution in [-0.2, 0) is 6.42 Å². The van der Waals surface area contributed by atoms with Crippen molar-refractivity contribution in [1.82, 2.24) is 9.38 Å². The number of nitrogens with zero attached hydrogens (tertiary/aromatic N) is 2. The van der Waals surface area contributed by atoms with Crippen molar-refractivity contribution < 1.29 is 13.5 Å². The lowest BCUT2D eigenvalue weighted by atomic mass is 10.1. The average Bonchev–Trinajstić information content (AvgIpc) is 2.75. The van der Waals surface area contributed by atoms with Gasteiger partial charge in [-0.15, -0.1) is 0 Å². The Morgan fingerprint density at radius 3 is 2.73 bits per heavy atom. The molecule has 1 aromatic carbocycles. The highest BCUT2D eigenvalue weighted by Gasteiger charge is 2.14. The van der Waals surface area contributed by atoms with E-state index in [1.165, 1.54) is 0 Å². The first-order valence-electron chi connectivity index (χ1n) is 7.01. The van der Waals surface area contributed by atoms with E-state index < -0.39 is 6.61 Å². The van der Waals surface area contributed by atoms with Gasteiger partial charge in [0.05, 0.1) is 5.69 Å². The number of aromatic nitrogens is 2. The Bertz CT molecular complexity index is 812. The standard InChI is InChI=1S/C17H16F2N2O/c1-11-7-8-21-14(12(2)20-16(21)9-11)10-13-5-3-4-6-15(13)22-17(18)19/h3-9,17H,10H2,1-2H3. The smallest absolute Gasteiger partial charge is 0.387 e. The van der Waals surface area contributed by atoms with Gasteiger partial charge in [-0.2, -0.15) is 8.78 Å². The van der Waals surface area contributed by atoms with Crippen LogP contribution in [0, 0.1) is 13.8 Å². The summed E-state index contributed by atoms with van der Waals surface area (Å²) in [6.45, 7) is 1.11. The van der Waals surface area contributed by atoms with Crippen LogP contribution in [0.2, 0.25) is 0 Å². The third kappa shape index (κ3) is 2.79. The summed E-state index contributed by atoms with van der Waals surface area (Å²) in [6, 6.07) is 10.9. The molecule has 0 aliphatic carbocycles. The normalized spacial score (nSPS) is 11.3. The first-order valence-corrected chi connectivity index (χ1v) is 7.01. The number of para-hydroxylation sites is 1. The number of hydrogen-bond acceptors (Lipinski definition) is 2. The van der Waals surface area contributed by atoms with E-state index in [2.05, 4.69) is 9.72 Å². The van der Waals surface area contributed by atoms with Gasteiger partial charge in [-0.25, -0.2) is 4.98 Å². The zero-order valence-electron chi connectivity index (χ0n) is 12.4. The van der Waals surface area contributed by atoms with Crippen LogP contribution in [0.25, 0.3) is 5.65 Å². The molecule has 0 spiro atoms. The van der Waals surface area contributed by atoms with Gasteiger partial charge < -0.3 is 9.14 Å². The van der Waals surface area contributed by atoms with Gasteiger partial charge in [0.1, 0.15) is 11.4 Å². The molecule has 22 heavy (non-hydrogen) atoms. The van der Waals surface area contributed by atoms with Crippen LogP contribution < -0.4 is 4.74 Å². The number of alkyl halides is 2. The Kier molecular flexibility index (Phi) is 3.79. The van der Waals surface area contributed by atoms with Gasteiger partial charge in [0.2, 0.25) is 0 Å². The molecule has 0 amide bonds. The topological polar surface area (TPSA) is 26.5 Å². The fourth-order valence-corrected chi connectivity index (χ4v) is 2.57. The van der Waals surface area contributed by atoms with Gasteiger partial charge in [-0.05, 0) is 37.6 Å². The number of halogens is 2. The van der Waals surface area contributed by atoms with Crippen LogP contribution in [-0.4, -0.2) is 16.0 Å². The van der Waals surface area contributed by atoms with Crippen molar-refractivity contribution >= 4 is 5.65 Å². The van der Waals surface area contributed by atoms with E-state index in [1.807, 2.05) is 42.6 Å². The van der Waals surface area contributed by atoms with Gasteiger partial charge in [-0.1, -0.05) is 18.2 Å². The number of benzene rings is 1. The molecule has 2 aromatic heterocycles. The molecule has 0 saturated carbocycles. The molecule has 2 heterocycles. The maximum Gasteiger partial charge on any atom is 0.387 e. The van der Waals surface area contributed by atoms with Gasteiger partial charge >= 0.3 is 6.61 Å². The molecule has 0 unspecified atom stereocenters. The Morgan fingerprint density at radius 2 is 1.95 bits per heavy atom. The summed E-state index contributed by atoms with van der Waals surface area (Å²) >= 11 is 0. The first kappa shape index (κ1) is 14.5. The fraction of sp³-hybridized carbons (Fsp3) is 0.235. The van der Waals surface area contributed by atoms with Crippen molar-refractivity contribution in [2.75, 3.05) is 0 Å². The predicted octanol–water partition coefficient (Wildman–Crippen LogP) is 4.14. The van der Waals surface area contributed by atoms with Crippen molar-refractivity contribution in [3.63, 3.8) is 0 Å². The molecule has 0 aliphatic rings. The molecule has 0 N–H and O–H groups in total. The fourth-order valence-electron chi connectivity index (χ4n) is 2.57. The van der Waals surface area contributed by atoms with Crippen molar-refractivity contribution in [2.24, 2.45) is 0 Å². The average molecular weight is 302 g/mol. The van der Waals surface area contributed by atoms with E-state index in [9.17, 15) is 8.78 Å². The van der Waals surface area contributed by atoms with Gasteiger partial charge in [0, 0.05) is 23.9 Å².